The number of aryl methyl sites for hydroxylation is 2. The van der Waals surface area contributed by atoms with Crippen molar-refractivity contribution in [1.82, 2.24) is 5.32 Å². The van der Waals surface area contributed by atoms with Crippen molar-refractivity contribution in [2.24, 2.45) is 0 Å². The van der Waals surface area contributed by atoms with Gasteiger partial charge in [-0.2, -0.15) is 0 Å². The normalized spacial score (nSPS) is 11.1. The van der Waals surface area contributed by atoms with Crippen LogP contribution in [0.5, 0.6) is 0 Å². The van der Waals surface area contributed by atoms with Gasteiger partial charge in [0.2, 0.25) is 5.91 Å². The van der Waals surface area contributed by atoms with Gasteiger partial charge in [-0.1, -0.05) is 24.3 Å². The van der Waals surface area contributed by atoms with Gasteiger partial charge in [-0.15, -0.1) is 0 Å². The number of carboxylic acids is 1. The Labute approximate surface area is 213 Å². The third kappa shape index (κ3) is 9.25. The Morgan fingerprint density at radius 2 is 1.32 bits per heavy atom. The molecule has 194 valence electrons. The SMILES string of the molecule is O=Cc1ccc(CCCOC(=O)CCC(NC(=O)CCc2ccc(C=O)c(C=O)c2)C(=O)O)cc1C=O. The Morgan fingerprint density at radius 3 is 1.84 bits per heavy atom. The Hall–Kier alpha value is -4.47. The van der Waals surface area contributed by atoms with Crippen LogP contribution >= 0.6 is 0 Å². The van der Waals surface area contributed by atoms with Gasteiger partial charge in [0.25, 0.3) is 0 Å². The van der Waals surface area contributed by atoms with E-state index < -0.39 is 23.9 Å². The highest BCUT2D eigenvalue weighted by Gasteiger charge is 2.21. The fraction of sp³-hybridized carbons (Fsp3) is 0.296. The predicted molar refractivity (Wildman–Crippen MR) is 131 cm³/mol. The van der Waals surface area contributed by atoms with E-state index in [-0.39, 0.29) is 49.0 Å². The fourth-order valence-electron chi connectivity index (χ4n) is 3.56. The first-order chi connectivity index (χ1) is 17.8. The molecule has 1 atom stereocenters. The van der Waals surface area contributed by atoms with E-state index in [4.69, 9.17) is 4.74 Å². The molecule has 0 spiro atoms. The van der Waals surface area contributed by atoms with E-state index in [1.54, 1.807) is 24.3 Å². The largest absolute Gasteiger partial charge is 0.480 e. The van der Waals surface area contributed by atoms with Crippen LogP contribution in [0.1, 0.15) is 78.2 Å². The van der Waals surface area contributed by atoms with Crippen molar-refractivity contribution in [3.8, 4) is 0 Å². The van der Waals surface area contributed by atoms with Gasteiger partial charge in [0.05, 0.1) is 6.61 Å². The monoisotopic (exact) mass is 509 g/mol. The standard InChI is InChI=1S/C27H27NO9/c29-14-20-6-3-18(12-22(20)16-31)2-1-11-37-26(34)10-8-24(27(35)36)28-25(33)9-5-19-4-7-21(15-30)23(13-19)17-32/h3-4,6-7,12-17,24H,1-2,5,8-11H2,(H,28,33)(H,35,36). The average Bonchev–Trinajstić information content (AvgIpc) is 2.91. The summed E-state index contributed by atoms with van der Waals surface area (Å²) in [6.07, 6.45) is 3.08. The third-order valence-electron chi connectivity index (χ3n) is 5.59. The molecule has 10 heteroatoms. The molecule has 0 aromatic heterocycles. The molecule has 0 saturated heterocycles. The first-order valence-corrected chi connectivity index (χ1v) is 11.6. The molecule has 0 aliphatic rings. The van der Waals surface area contributed by atoms with Crippen molar-refractivity contribution in [1.29, 1.82) is 0 Å². The molecule has 0 saturated carbocycles. The van der Waals surface area contributed by atoms with Crippen LogP contribution in [0.25, 0.3) is 0 Å². The molecule has 1 unspecified atom stereocenters. The van der Waals surface area contributed by atoms with Gasteiger partial charge >= 0.3 is 11.9 Å². The number of nitrogens with one attached hydrogen (secondary N) is 1. The number of aliphatic carboxylic acids is 1. The van der Waals surface area contributed by atoms with E-state index in [1.165, 1.54) is 12.1 Å². The molecule has 0 aliphatic carbocycles. The number of carboxylic acid groups (broad SMARTS) is 1. The van der Waals surface area contributed by atoms with E-state index >= 15 is 0 Å². The molecule has 0 fully saturated rings. The van der Waals surface area contributed by atoms with Crippen molar-refractivity contribution in [2.75, 3.05) is 6.61 Å². The molecular formula is C27H27NO9. The van der Waals surface area contributed by atoms with Crippen LogP contribution in [0.15, 0.2) is 36.4 Å². The summed E-state index contributed by atoms with van der Waals surface area (Å²) in [4.78, 5) is 79.6. The summed E-state index contributed by atoms with van der Waals surface area (Å²) >= 11 is 0. The van der Waals surface area contributed by atoms with Crippen LogP contribution < -0.4 is 5.32 Å². The zero-order valence-corrected chi connectivity index (χ0v) is 20.0. The van der Waals surface area contributed by atoms with Crippen molar-refractivity contribution in [3.63, 3.8) is 0 Å². The lowest BCUT2D eigenvalue weighted by atomic mass is 10.0. The zero-order chi connectivity index (χ0) is 27.2. The Bertz CT molecular complexity index is 1170. The van der Waals surface area contributed by atoms with E-state index in [2.05, 4.69) is 5.32 Å². The minimum atomic E-state index is -1.29. The zero-order valence-electron chi connectivity index (χ0n) is 20.0. The average molecular weight is 510 g/mol. The number of hydrogen-bond acceptors (Lipinski definition) is 8. The second-order valence-corrected chi connectivity index (χ2v) is 8.22. The maximum atomic E-state index is 12.2. The van der Waals surface area contributed by atoms with Crippen molar-refractivity contribution < 1.29 is 43.4 Å². The minimum absolute atomic E-state index is 0.0490. The number of carbonyl (C=O) groups is 7. The lowest BCUT2D eigenvalue weighted by Crippen LogP contribution is -2.41. The summed E-state index contributed by atoms with van der Waals surface area (Å²) in [5.74, 6) is -2.44. The van der Waals surface area contributed by atoms with E-state index in [0.29, 0.717) is 49.1 Å². The van der Waals surface area contributed by atoms with Gasteiger partial charge in [-0.3, -0.25) is 28.8 Å². The second kappa shape index (κ2) is 14.8. The maximum Gasteiger partial charge on any atom is 0.326 e. The quantitative estimate of drug-likeness (QED) is 0.197. The highest BCUT2D eigenvalue weighted by Crippen LogP contribution is 2.12. The summed E-state index contributed by atoms with van der Waals surface area (Å²) in [6.45, 7) is 0.0838. The van der Waals surface area contributed by atoms with Crippen molar-refractivity contribution >= 4 is 43.0 Å². The maximum absolute atomic E-state index is 12.2. The minimum Gasteiger partial charge on any atom is -0.480 e. The molecule has 0 bridgehead atoms. The van der Waals surface area contributed by atoms with Gasteiger partial charge in [0.1, 0.15) is 6.04 Å². The molecule has 0 heterocycles. The summed E-state index contributed by atoms with van der Waals surface area (Å²) in [7, 11) is 0. The number of ether oxygens (including phenoxy) is 1. The van der Waals surface area contributed by atoms with Crippen LogP contribution in [0.4, 0.5) is 0 Å². The highest BCUT2D eigenvalue weighted by molar-refractivity contribution is 5.91. The number of esters is 1. The van der Waals surface area contributed by atoms with Crippen molar-refractivity contribution in [3.05, 3.63) is 69.8 Å². The van der Waals surface area contributed by atoms with Crippen LogP contribution in [0, 0.1) is 0 Å². The summed E-state index contributed by atoms with van der Waals surface area (Å²) in [6, 6.07) is 8.15. The fourth-order valence-corrected chi connectivity index (χ4v) is 3.56. The van der Waals surface area contributed by atoms with Gasteiger partial charge in [0.15, 0.2) is 25.1 Å². The Kier molecular flexibility index (Phi) is 11.5. The Morgan fingerprint density at radius 1 is 0.784 bits per heavy atom. The first kappa shape index (κ1) is 28.8. The van der Waals surface area contributed by atoms with Crippen LogP contribution in [-0.4, -0.2) is 60.7 Å². The van der Waals surface area contributed by atoms with Crippen LogP contribution in [0.3, 0.4) is 0 Å². The van der Waals surface area contributed by atoms with E-state index in [1.807, 2.05) is 0 Å². The summed E-state index contributed by atoms with van der Waals surface area (Å²) in [5, 5.41) is 11.8. The number of amides is 1. The smallest absolute Gasteiger partial charge is 0.326 e. The molecule has 1 amide bonds. The van der Waals surface area contributed by atoms with E-state index in [9.17, 15) is 38.7 Å². The number of hydrogen-bond donors (Lipinski definition) is 2. The molecule has 10 nitrogen and oxygen atoms in total. The second-order valence-electron chi connectivity index (χ2n) is 8.22. The number of rotatable bonds is 16. The molecule has 37 heavy (non-hydrogen) atoms. The lowest BCUT2D eigenvalue weighted by Gasteiger charge is -2.14. The van der Waals surface area contributed by atoms with Crippen LogP contribution in [0.2, 0.25) is 0 Å². The molecular weight excluding hydrogens is 482 g/mol. The van der Waals surface area contributed by atoms with E-state index in [0.717, 1.165) is 5.56 Å². The number of carbonyl (C=O) groups excluding carboxylic acids is 6. The summed E-state index contributed by atoms with van der Waals surface area (Å²) in [5.41, 5.74) is 2.47. The van der Waals surface area contributed by atoms with Gasteiger partial charge in [0, 0.05) is 35.1 Å². The first-order valence-electron chi connectivity index (χ1n) is 11.6. The van der Waals surface area contributed by atoms with Gasteiger partial charge in [-0.05, 0) is 48.9 Å². The molecule has 0 aliphatic heterocycles. The highest BCUT2D eigenvalue weighted by atomic mass is 16.5. The van der Waals surface area contributed by atoms with Gasteiger partial charge < -0.3 is 15.2 Å². The number of benzene rings is 2. The van der Waals surface area contributed by atoms with Crippen LogP contribution in [-0.2, 0) is 32.0 Å². The third-order valence-corrected chi connectivity index (χ3v) is 5.59. The predicted octanol–water partition coefficient (Wildman–Crippen LogP) is 2.39. The topological polar surface area (TPSA) is 161 Å². The summed E-state index contributed by atoms with van der Waals surface area (Å²) < 4.78 is 5.12. The lowest BCUT2D eigenvalue weighted by molar-refractivity contribution is -0.145. The molecule has 2 N–H and O–H groups in total. The Balaban J connectivity index is 1.75. The van der Waals surface area contributed by atoms with Gasteiger partial charge in [-0.25, -0.2) is 4.79 Å². The molecule has 2 aromatic rings. The molecule has 2 aromatic carbocycles. The molecule has 0 radical (unpaired) electrons. The molecule has 2 rings (SSSR count). The number of aldehydes is 4. The van der Waals surface area contributed by atoms with Crippen molar-refractivity contribution in [2.45, 2.75) is 44.6 Å².